The summed E-state index contributed by atoms with van der Waals surface area (Å²) in [7, 11) is 4.06. The Balaban J connectivity index is 1.91. The molecule has 2 N–H and O–H groups in total. The van der Waals surface area contributed by atoms with Crippen LogP contribution in [0.2, 0.25) is 0 Å². The van der Waals surface area contributed by atoms with Crippen molar-refractivity contribution in [2.45, 2.75) is 19.3 Å². The highest BCUT2D eigenvalue weighted by Gasteiger charge is 2.10. The molecule has 0 saturated carbocycles. The van der Waals surface area contributed by atoms with Crippen molar-refractivity contribution in [3.8, 4) is 5.75 Å². The van der Waals surface area contributed by atoms with Gasteiger partial charge >= 0.3 is 0 Å². The lowest BCUT2D eigenvalue weighted by Crippen LogP contribution is -2.15. The van der Waals surface area contributed by atoms with Gasteiger partial charge in [-0.05, 0) is 43.5 Å². The van der Waals surface area contributed by atoms with Gasteiger partial charge in [0.25, 0.3) is 0 Å². The summed E-state index contributed by atoms with van der Waals surface area (Å²) in [4.78, 5) is 2.07. The molecule has 0 aromatic heterocycles. The molecule has 2 aromatic rings. The smallest absolute Gasteiger partial charge is 0.121 e. The number of aryl methyl sites for hydroxylation is 1. The molecule has 3 nitrogen and oxygen atoms in total. The van der Waals surface area contributed by atoms with Gasteiger partial charge in [-0.3, -0.25) is 0 Å². The molecule has 3 heteroatoms. The number of rotatable bonds is 7. The summed E-state index contributed by atoms with van der Waals surface area (Å²) in [6.45, 7) is 3.42. The summed E-state index contributed by atoms with van der Waals surface area (Å²) in [5.41, 5.74) is 9.63. The summed E-state index contributed by atoms with van der Waals surface area (Å²) in [5, 5.41) is 0. The van der Waals surface area contributed by atoms with Crippen LogP contribution in [0.1, 0.15) is 23.5 Å². The van der Waals surface area contributed by atoms with E-state index in [1.807, 2.05) is 26.2 Å². The number of hydrogen-bond acceptors (Lipinski definition) is 3. The second-order valence-corrected chi connectivity index (χ2v) is 5.87. The van der Waals surface area contributed by atoms with E-state index in [1.54, 1.807) is 0 Å². The van der Waals surface area contributed by atoms with E-state index in [0.717, 1.165) is 17.9 Å². The molecule has 0 fully saturated rings. The van der Waals surface area contributed by atoms with Gasteiger partial charge in [-0.15, -0.1) is 0 Å². The predicted octanol–water partition coefficient (Wildman–Crippen LogP) is 3.57. The monoisotopic (exact) mass is 298 g/mol. The van der Waals surface area contributed by atoms with E-state index in [-0.39, 0.29) is 0 Å². The van der Waals surface area contributed by atoms with Crippen LogP contribution in [0.15, 0.2) is 48.5 Å². The fourth-order valence-electron chi connectivity index (χ4n) is 2.43. The lowest BCUT2D eigenvalue weighted by atomic mass is 9.95. The molecular formula is C19H26N2O. The fraction of sp³-hybridized carbons (Fsp3) is 0.368. The maximum Gasteiger partial charge on any atom is 0.121 e. The van der Waals surface area contributed by atoms with Crippen LogP contribution in [-0.2, 0) is 0 Å². The minimum atomic E-state index is 0.345. The van der Waals surface area contributed by atoms with Crippen LogP contribution in [0.3, 0.4) is 0 Å². The molecule has 0 amide bonds. The van der Waals surface area contributed by atoms with E-state index in [2.05, 4.69) is 48.2 Å². The number of anilines is 1. The van der Waals surface area contributed by atoms with E-state index < -0.39 is 0 Å². The van der Waals surface area contributed by atoms with Gasteiger partial charge in [0, 0.05) is 25.8 Å². The van der Waals surface area contributed by atoms with Crippen molar-refractivity contribution in [3.63, 3.8) is 0 Å². The molecule has 22 heavy (non-hydrogen) atoms. The Morgan fingerprint density at radius 3 is 2.45 bits per heavy atom. The minimum Gasteiger partial charge on any atom is -0.493 e. The Morgan fingerprint density at radius 1 is 1.09 bits per heavy atom. The van der Waals surface area contributed by atoms with Crippen LogP contribution < -0.4 is 15.4 Å². The number of hydrogen-bond donors (Lipinski definition) is 1. The minimum absolute atomic E-state index is 0.345. The third-order valence-corrected chi connectivity index (χ3v) is 3.90. The zero-order valence-corrected chi connectivity index (χ0v) is 13.8. The first kappa shape index (κ1) is 16.4. The molecule has 2 rings (SSSR count). The lowest BCUT2D eigenvalue weighted by molar-refractivity contribution is 0.298. The molecule has 0 heterocycles. The molecule has 2 aromatic carbocycles. The first-order valence-corrected chi connectivity index (χ1v) is 7.77. The Morgan fingerprint density at radius 2 is 1.82 bits per heavy atom. The highest BCUT2D eigenvalue weighted by atomic mass is 16.5. The first-order chi connectivity index (χ1) is 10.6. The van der Waals surface area contributed by atoms with Crippen LogP contribution in [0.25, 0.3) is 0 Å². The topological polar surface area (TPSA) is 38.5 Å². The van der Waals surface area contributed by atoms with Gasteiger partial charge in [-0.25, -0.2) is 0 Å². The molecule has 0 spiro atoms. The third kappa shape index (κ3) is 4.50. The summed E-state index contributed by atoms with van der Waals surface area (Å²) in [6, 6.07) is 16.8. The maximum atomic E-state index is 5.92. The molecule has 0 bridgehead atoms. The van der Waals surface area contributed by atoms with E-state index in [9.17, 15) is 0 Å². The number of nitrogens with zero attached hydrogens (tertiary/aromatic N) is 1. The Hall–Kier alpha value is -2.00. The number of ether oxygens (including phenoxy) is 1. The Labute approximate surface area is 133 Å². The van der Waals surface area contributed by atoms with Crippen molar-refractivity contribution in [1.29, 1.82) is 0 Å². The van der Waals surface area contributed by atoms with E-state index in [0.29, 0.717) is 19.1 Å². The highest BCUT2D eigenvalue weighted by molar-refractivity contribution is 5.49. The quantitative estimate of drug-likeness (QED) is 0.849. The standard InChI is InChI=1S/C19H26N2O/c1-15-7-9-16(10-8-15)17(14-20)11-12-22-19-6-4-5-18(13-19)21(2)3/h4-10,13,17H,11-12,14,20H2,1-3H3. The second kappa shape index (κ2) is 7.85. The van der Waals surface area contributed by atoms with Crippen molar-refractivity contribution < 1.29 is 4.74 Å². The molecule has 0 aliphatic rings. The third-order valence-electron chi connectivity index (χ3n) is 3.90. The Kier molecular flexibility index (Phi) is 5.84. The molecule has 1 atom stereocenters. The molecule has 0 radical (unpaired) electrons. The molecular weight excluding hydrogens is 272 g/mol. The average molecular weight is 298 g/mol. The average Bonchev–Trinajstić information content (AvgIpc) is 2.53. The van der Waals surface area contributed by atoms with Gasteiger partial charge in [0.2, 0.25) is 0 Å². The van der Waals surface area contributed by atoms with Gasteiger partial charge in [0.05, 0.1) is 6.61 Å². The second-order valence-electron chi connectivity index (χ2n) is 5.87. The fourth-order valence-corrected chi connectivity index (χ4v) is 2.43. The Bertz CT molecular complexity index is 578. The van der Waals surface area contributed by atoms with Crippen molar-refractivity contribution in [3.05, 3.63) is 59.7 Å². The van der Waals surface area contributed by atoms with E-state index in [4.69, 9.17) is 10.5 Å². The summed E-state index contributed by atoms with van der Waals surface area (Å²) < 4.78 is 5.89. The van der Waals surface area contributed by atoms with Crippen molar-refractivity contribution in [2.75, 3.05) is 32.1 Å². The van der Waals surface area contributed by atoms with Crippen LogP contribution in [0, 0.1) is 6.92 Å². The van der Waals surface area contributed by atoms with Crippen LogP contribution in [0.5, 0.6) is 5.75 Å². The van der Waals surface area contributed by atoms with Gasteiger partial charge in [0.1, 0.15) is 5.75 Å². The lowest BCUT2D eigenvalue weighted by Gasteiger charge is -2.17. The van der Waals surface area contributed by atoms with Crippen LogP contribution >= 0.6 is 0 Å². The molecule has 0 aliphatic carbocycles. The first-order valence-electron chi connectivity index (χ1n) is 7.77. The summed E-state index contributed by atoms with van der Waals surface area (Å²) >= 11 is 0. The van der Waals surface area contributed by atoms with Gasteiger partial charge in [0.15, 0.2) is 0 Å². The molecule has 0 saturated heterocycles. The molecule has 118 valence electrons. The van der Waals surface area contributed by atoms with E-state index >= 15 is 0 Å². The van der Waals surface area contributed by atoms with Crippen LogP contribution in [0.4, 0.5) is 5.69 Å². The van der Waals surface area contributed by atoms with Gasteiger partial charge in [-0.2, -0.15) is 0 Å². The zero-order valence-electron chi connectivity index (χ0n) is 13.8. The maximum absolute atomic E-state index is 5.92. The SMILES string of the molecule is Cc1ccc(C(CN)CCOc2cccc(N(C)C)c2)cc1. The summed E-state index contributed by atoms with van der Waals surface area (Å²) in [5.74, 6) is 1.25. The van der Waals surface area contributed by atoms with Crippen molar-refractivity contribution >= 4 is 5.69 Å². The van der Waals surface area contributed by atoms with Crippen LogP contribution in [-0.4, -0.2) is 27.2 Å². The number of benzene rings is 2. The zero-order chi connectivity index (χ0) is 15.9. The number of nitrogens with two attached hydrogens (primary N) is 1. The van der Waals surface area contributed by atoms with Gasteiger partial charge < -0.3 is 15.4 Å². The predicted molar refractivity (Wildman–Crippen MR) is 93.9 cm³/mol. The highest BCUT2D eigenvalue weighted by Crippen LogP contribution is 2.22. The molecule has 0 aliphatic heterocycles. The molecule has 1 unspecified atom stereocenters. The largest absolute Gasteiger partial charge is 0.493 e. The van der Waals surface area contributed by atoms with Crippen molar-refractivity contribution in [1.82, 2.24) is 0 Å². The van der Waals surface area contributed by atoms with Crippen molar-refractivity contribution in [2.24, 2.45) is 5.73 Å². The van der Waals surface area contributed by atoms with Gasteiger partial charge in [-0.1, -0.05) is 35.9 Å². The van der Waals surface area contributed by atoms with E-state index in [1.165, 1.54) is 11.1 Å². The summed E-state index contributed by atoms with van der Waals surface area (Å²) in [6.07, 6.45) is 0.922. The normalized spacial score (nSPS) is 12.0.